The molecule has 1 amide bonds. The first-order valence-electron chi connectivity index (χ1n) is 8.06. The summed E-state index contributed by atoms with van der Waals surface area (Å²) in [6.07, 6.45) is 0.996. The lowest BCUT2D eigenvalue weighted by molar-refractivity contribution is -0.117. The van der Waals surface area contributed by atoms with Gasteiger partial charge < -0.3 is 11.1 Å². The highest BCUT2D eigenvalue weighted by Crippen LogP contribution is 2.10. The Hall–Kier alpha value is -1.88. The molecule has 24 heavy (non-hydrogen) atoms. The molecule has 0 saturated heterocycles. The molecule has 2 aromatic rings. The van der Waals surface area contributed by atoms with E-state index in [1.807, 2.05) is 42.5 Å². The van der Waals surface area contributed by atoms with Crippen LogP contribution in [0.5, 0.6) is 0 Å². The van der Waals surface area contributed by atoms with E-state index in [0.29, 0.717) is 19.6 Å². The van der Waals surface area contributed by atoms with Gasteiger partial charge in [0.2, 0.25) is 5.91 Å². The van der Waals surface area contributed by atoms with Gasteiger partial charge in [0.15, 0.2) is 0 Å². The van der Waals surface area contributed by atoms with Crippen molar-refractivity contribution in [3.05, 3.63) is 65.7 Å². The molecule has 0 spiro atoms. The van der Waals surface area contributed by atoms with Gasteiger partial charge in [-0.2, -0.15) is 0 Å². The summed E-state index contributed by atoms with van der Waals surface area (Å²) >= 11 is 0. The zero-order valence-corrected chi connectivity index (χ0v) is 14.9. The Bertz CT molecular complexity index is 602. The number of hydrogen-bond donors (Lipinski definition) is 2. The van der Waals surface area contributed by atoms with Gasteiger partial charge in [0.05, 0.1) is 6.54 Å². The predicted octanol–water partition coefficient (Wildman–Crippen LogP) is 3.07. The number of benzene rings is 2. The van der Waals surface area contributed by atoms with Crippen LogP contribution < -0.4 is 11.1 Å². The van der Waals surface area contributed by atoms with E-state index in [0.717, 1.165) is 18.7 Å². The first-order valence-corrected chi connectivity index (χ1v) is 8.06. The number of nitrogens with one attached hydrogen (secondary N) is 1. The maximum atomic E-state index is 12.2. The number of nitrogens with two attached hydrogens (primary N) is 1. The van der Waals surface area contributed by atoms with Crippen molar-refractivity contribution >= 4 is 24.0 Å². The number of halogens is 1. The van der Waals surface area contributed by atoms with Crippen LogP contribution in [-0.2, 0) is 17.8 Å². The summed E-state index contributed by atoms with van der Waals surface area (Å²) in [6.45, 7) is 4.39. The molecular weight excluding hydrogens is 322 g/mol. The molecule has 2 rings (SSSR count). The summed E-state index contributed by atoms with van der Waals surface area (Å²) < 4.78 is 0. The van der Waals surface area contributed by atoms with Crippen LogP contribution in [0.2, 0.25) is 0 Å². The fourth-order valence-electron chi connectivity index (χ4n) is 2.47. The number of anilines is 1. The summed E-state index contributed by atoms with van der Waals surface area (Å²) in [6, 6.07) is 18.1. The normalized spacial score (nSPS) is 10.3. The van der Waals surface area contributed by atoms with Gasteiger partial charge in [-0.3, -0.25) is 9.69 Å². The van der Waals surface area contributed by atoms with E-state index < -0.39 is 0 Å². The smallest absolute Gasteiger partial charge is 0.238 e. The second-order valence-electron chi connectivity index (χ2n) is 5.58. The lowest BCUT2D eigenvalue weighted by Gasteiger charge is -2.21. The van der Waals surface area contributed by atoms with Crippen LogP contribution in [0.4, 0.5) is 5.69 Å². The Kier molecular flexibility index (Phi) is 9.08. The van der Waals surface area contributed by atoms with Gasteiger partial charge in [0.25, 0.3) is 0 Å². The van der Waals surface area contributed by atoms with E-state index in [9.17, 15) is 4.79 Å². The Morgan fingerprint density at radius 3 is 2.29 bits per heavy atom. The van der Waals surface area contributed by atoms with E-state index in [-0.39, 0.29) is 18.3 Å². The zero-order chi connectivity index (χ0) is 16.5. The highest BCUT2D eigenvalue weighted by molar-refractivity contribution is 5.92. The number of nitrogens with zero attached hydrogens (tertiary/aromatic N) is 1. The van der Waals surface area contributed by atoms with Crippen molar-refractivity contribution in [2.24, 2.45) is 5.73 Å². The first kappa shape index (κ1) is 20.2. The molecule has 0 aliphatic rings. The molecule has 4 nitrogen and oxygen atoms in total. The topological polar surface area (TPSA) is 58.4 Å². The summed E-state index contributed by atoms with van der Waals surface area (Å²) in [4.78, 5) is 14.3. The summed E-state index contributed by atoms with van der Waals surface area (Å²) in [7, 11) is 0. The van der Waals surface area contributed by atoms with Crippen LogP contribution in [0.15, 0.2) is 54.6 Å². The van der Waals surface area contributed by atoms with Crippen LogP contribution in [0, 0.1) is 0 Å². The van der Waals surface area contributed by atoms with Crippen molar-refractivity contribution in [3.63, 3.8) is 0 Å². The van der Waals surface area contributed by atoms with E-state index in [1.165, 1.54) is 11.1 Å². The molecule has 0 aliphatic heterocycles. The average Bonchev–Trinajstić information content (AvgIpc) is 2.56. The summed E-state index contributed by atoms with van der Waals surface area (Å²) in [5.41, 5.74) is 8.95. The molecule has 0 atom stereocenters. The molecule has 0 aliphatic carbocycles. The minimum absolute atomic E-state index is 0. The predicted molar refractivity (Wildman–Crippen MR) is 102 cm³/mol. The monoisotopic (exact) mass is 347 g/mol. The Labute approximate surface area is 150 Å². The van der Waals surface area contributed by atoms with Gasteiger partial charge in [0.1, 0.15) is 0 Å². The number of amides is 1. The summed E-state index contributed by atoms with van der Waals surface area (Å²) in [5.74, 6) is -0.0152. The molecule has 3 N–H and O–H groups in total. The summed E-state index contributed by atoms with van der Waals surface area (Å²) in [5, 5.41) is 2.95. The third-order valence-electron chi connectivity index (χ3n) is 3.71. The van der Waals surface area contributed by atoms with Gasteiger partial charge in [-0.15, -0.1) is 12.4 Å². The molecule has 2 aromatic carbocycles. The largest absolute Gasteiger partial charge is 0.329 e. The molecule has 0 fully saturated rings. The van der Waals surface area contributed by atoms with E-state index in [1.54, 1.807) is 0 Å². The number of carbonyl (C=O) groups is 1. The van der Waals surface area contributed by atoms with Crippen LogP contribution in [0.25, 0.3) is 0 Å². The second-order valence-corrected chi connectivity index (χ2v) is 5.58. The highest BCUT2D eigenvalue weighted by Gasteiger charge is 2.11. The molecule has 0 aromatic heterocycles. The zero-order valence-electron chi connectivity index (χ0n) is 14.1. The van der Waals surface area contributed by atoms with Crippen LogP contribution >= 0.6 is 12.4 Å². The Balaban J connectivity index is 0.00000288. The Morgan fingerprint density at radius 1 is 1.04 bits per heavy atom. The van der Waals surface area contributed by atoms with Gasteiger partial charge in [0, 0.05) is 25.3 Å². The molecule has 0 heterocycles. The number of carbonyl (C=O) groups excluding carboxylic acids is 1. The standard InChI is InChI=1S/C19H25N3O.ClH/c1-2-16-8-10-18(11-9-16)21-19(23)15-22(13-12-20)14-17-6-4-3-5-7-17;/h3-11H,2,12-15,20H2,1H3,(H,21,23);1H. The minimum atomic E-state index is -0.0152. The fraction of sp³-hybridized carbons (Fsp3) is 0.316. The molecule has 5 heteroatoms. The molecular formula is C19H26ClN3O. The van der Waals surface area contributed by atoms with Crippen molar-refractivity contribution in [1.29, 1.82) is 0 Å². The quantitative estimate of drug-likeness (QED) is 0.771. The van der Waals surface area contributed by atoms with Crippen LogP contribution in [-0.4, -0.2) is 30.4 Å². The maximum Gasteiger partial charge on any atom is 0.238 e. The van der Waals surface area contributed by atoms with E-state index >= 15 is 0 Å². The lowest BCUT2D eigenvalue weighted by atomic mass is 10.1. The van der Waals surface area contributed by atoms with E-state index in [4.69, 9.17) is 5.73 Å². The van der Waals surface area contributed by atoms with Crippen molar-refractivity contribution in [2.45, 2.75) is 19.9 Å². The third kappa shape index (κ3) is 6.71. The van der Waals surface area contributed by atoms with Gasteiger partial charge in [-0.05, 0) is 29.7 Å². The average molecular weight is 348 g/mol. The minimum Gasteiger partial charge on any atom is -0.329 e. The van der Waals surface area contributed by atoms with Gasteiger partial charge in [-0.25, -0.2) is 0 Å². The molecule has 0 radical (unpaired) electrons. The maximum absolute atomic E-state index is 12.2. The molecule has 0 unspecified atom stereocenters. The number of rotatable bonds is 8. The number of aryl methyl sites for hydroxylation is 1. The highest BCUT2D eigenvalue weighted by atomic mass is 35.5. The van der Waals surface area contributed by atoms with Crippen molar-refractivity contribution in [2.75, 3.05) is 25.0 Å². The fourth-order valence-corrected chi connectivity index (χ4v) is 2.47. The molecule has 0 saturated carbocycles. The lowest BCUT2D eigenvalue weighted by Crippen LogP contribution is -2.36. The molecule has 130 valence electrons. The van der Waals surface area contributed by atoms with Crippen molar-refractivity contribution < 1.29 is 4.79 Å². The second kappa shape index (κ2) is 10.8. The SMILES string of the molecule is CCc1ccc(NC(=O)CN(CCN)Cc2ccccc2)cc1.Cl. The van der Waals surface area contributed by atoms with Crippen molar-refractivity contribution in [3.8, 4) is 0 Å². The van der Waals surface area contributed by atoms with Crippen molar-refractivity contribution in [1.82, 2.24) is 4.90 Å². The van der Waals surface area contributed by atoms with Crippen LogP contribution in [0.3, 0.4) is 0 Å². The number of hydrogen-bond acceptors (Lipinski definition) is 3. The van der Waals surface area contributed by atoms with Crippen LogP contribution in [0.1, 0.15) is 18.1 Å². The third-order valence-corrected chi connectivity index (χ3v) is 3.71. The first-order chi connectivity index (χ1) is 11.2. The Morgan fingerprint density at radius 2 is 1.71 bits per heavy atom. The van der Waals surface area contributed by atoms with Gasteiger partial charge >= 0.3 is 0 Å². The molecule has 0 bridgehead atoms. The van der Waals surface area contributed by atoms with E-state index in [2.05, 4.69) is 29.3 Å². The van der Waals surface area contributed by atoms with Gasteiger partial charge in [-0.1, -0.05) is 49.4 Å².